The van der Waals surface area contributed by atoms with Gasteiger partial charge in [-0.3, -0.25) is 14.6 Å². The molecule has 0 saturated heterocycles. The van der Waals surface area contributed by atoms with Crippen molar-refractivity contribution in [2.24, 2.45) is 5.92 Å². The van der Waals surface area contributed by atoms with Crippen LogP contribution in [0.25, 0.3) is 22.3 Å². The fourth-order valence-electron chi connectivity index (χ4n) is 4.53. The summed E-state index contributed by atoms with van der Waals surface area (Å²) in [6.45, 7) is 4.85. The first-order chi connectivity index (χ1) is 15.0. The van der Waals surface area contributed by atoms with Gasteiger partial charge >= 0.3 is 0 Å². The topological polar surface area (TPSA) is 55.2 Å². The molecule has 1 aliphatic heterocycles. The summed E-state index contributed by atoms with van der Waals surface area (Å²) in [5, 5.41) is 0. The van der Waals surface area contributed by atoms with E-state index in [0.717, 1.165) is 40.0 Å². The third-order valence-corrected chi connectivity index (χ3v) is 6.58. The highest BCUT2D eigenvalue weighted by Gasteiger charge is 2.31. The Morgan fingerprint density at radius 1 is 0.968 bits per heavy atom. The van der Waals surface area contributed by atoms with Crippen LogP contribution < -0.4 is 10.5 Å². The van der Waals surface area contributed by atoms with Gasteiger partial charge in [0.1, 0.15) is 0 Å². The van der Waals surface area contributed by atoms with Crippen molar-refractivity contribution in [3.63, 3.8) is 0 Å². The number of nitrogens with zero attached hydrogens (tertiary/aromatic N) is 3. The van der Waals surface area contributed by atoms with Crippen molar-refractivity contribution >= 4 is 11.6 Å². The molecule has 2 aromatic heterocycles. The Balaban J connectivity index is 1.46. The van der Waals surface area contributed by atoms with Crippen LogP contribution in [0.4, 0.5) is 5.69 Å². The summed E-state index contributed by atoms with van der Waals surface area (Å²) in [7, 11) is 0. The Kier molecular flexibility index (Phi) is 4.97. The molecule has 3 aromatic rings. The molecule has 0 radical (unpaired) electrons. The SMILES string of the molecule is CC(C)n1cc(-c2cncc(-c3ccc4c(c3)CC(=O)N4CC3CCC3)c2)ccc1=O. The summed E-state index contributed by atoms with van der Waals surface area (Å²) in [5.41, 5.74) is 6.16. The van der Waals surface area contributed by atoms with E-state index >= 15 is 0 Å². The fourth-order valence-corrected chi connectivity index (χ4v) is 4.53. The molecule has 0 unspecified atom stereocenters. The summed E-state index contributed by atoms with van der Waals surface area (Å²) in [5.74, 6) is 0.867. The molecule has 0 bridgehead atoms. The largest absolute Gasteiger partial charge is 0.312 e. The monoisotopic (exact) mass is 413 g/mol. The molecule has 5 rings (SSSR count). The van der Waals surface area contributed by atoms with E-state index in [1.165, 1.54) is 19.3 Å². The number of aromatic nitrogens is 2. The molecule has 0 spiro atoms. The zero-order valence-corrected chi connectivity index (χ0v) is 18.0. The smallest absolute Gasteiger partial charge is 0.250 e. The van der Waals surface area contributed by atoms with Crippen LogP contribution in [-0.2, 0) is 11.2 Å². The van der Waals surface area contributed by atoms with Gasteiger partial charge in [0.25, 0.3) is 5.56 Å². The molecule has 1 aromatic carbocycles. The van der Waals surface area contributed by atoms with Crippen LogP contribution in [0.5, 0.6) is 0 Å². The Morgan fingerprint density at radius 3 is 2.42 bits per heavy atom. The Bertz CT molecular complexity index is 1210. The molecule has 3 heterocycles. The lowest BCUT2D eigenvalue weighted by Gasteiger charge is -2.30. The number of anilines is 1. The maximum atomic E-state index is 12.6. The van der Waals surface area contributed by atoms with E-state index in [4.69, 9.17) is 0 Å². The summed E-state index contributed by atoms with van der Waals surface area (Å²) < 4.78 is 1.74. The molecule has 5 heteroatoms. The predicted octanol–water partition coefficient (Wildman–Crippen LogP) is 4.85. The summed E-state index contributed by atoms with van der Waals surface area (Å²) in [4.78, 5) is 31.1. The van der Waals surface area contributed by atoms with Crippen LogP contribution in [0.15, 0.2) is 59.8 Å². The van der Waals surface area contributed by atoms with E-state index in [-0.39, 0.29) is 17.5 Å². The number of rotatable bonds is 5. The van der Waals surface area contributed by atoms with Crippen LogP contribution in [0, 0.1) is 5.92 Å². The average molecular weight is 414 g/mol. The molecule has 1 amide bonds. The Hall–Kier alpha value is -3.21. The van der Waals surface area contributed by atoms with E-state index in [0.29, 0.717) is 12.3 Å². The van der Waals surface area contributed by atoms with E-state index < -0.39 is 0 Å². The summed E-state index contributed by atoms with van der Waals surface area (Å²) in [6.07, 6.45) is 9.81. The summed E-state index contributed by atoms with van der Waals surface area (Å²) >= 11 is 0. The molecule has 5 nitrogen and oxygen atoms in total. The number of carbonyl (C=O) groups excluding carboxylic acids is 1. The normalized spacial score (nSPS) is 16.0. The quantitative estimate of drug-likeness (QED) is 0.601. The minimum Gasteiger partial charge on any atom is -0.312 e. The van der Waals surface area contributed by atoms with Crippen molar-refractivity contribution in [3.05, 3.63) is 70.9 Å². The van der Waals surface area contributed by atoms with Crippen molar-refractivity contribution < 1.29 is 4.79 Å². The van der Waals surface area contributed by atoms with E-state index in [1.807, 2.05) is 43.4 Å². The van der Waals surface area contributed by atoms with Crippen LogP contribution in [0.1, 0.15) is 44.7 Å². The van der Waals surface area contributed by atoms with Crippen molar-refractivity contribution in [1.29, 1.82) is 0 Å². The van der Waals surface area contributed by atoms with Crippen LogP contribution >= 0.6 is 0 Å². The fraction of sp³-hybridized carbons (Fsp3) is 0.346. The zero-order chi connectivity index (χ0) is 21.5. The number of fused-ring (bicyclic) bond motifs is 1. The van der Waals surface area contributed by atoms with Crippen molar-refractivity contribution in [2.75, 3.05) is 11.4 Å². The van der Waals surface area contributed by atoms with Crippen LogP contribution in [0.3, 0.4) is 0 Å². The summed E-state index contributed by atoms with van der Waals surface area (Å²) in [6, 6.07) is 12.0. The van der Waals surface area contributed by atoms with Gasteiger partial charge in [0.05, 0.1) is 6.42 Å². The standard InChI is InChI=1S/C26H27N3O2/c1-17(2)28-16-20(7-9-25(28)30)23-11-22(13-27-14-23)19-6-8-24-21(10-19)12-26(31)29(24)15-18-4-3-5-18/h6-11,13-14,16-18H,3-5,12,15H2,1-2H3. The van der Waals surface area contributed by atoms with Crippen molar-refractivity contribution in [2.45, 2.75) is 45.6 Å². The lowest BCUT2D eigenvalue weighted by molar-refractivity contribution is -0.117. The molecule has 2 aliphatic rings. The number of hydrogen-bond acceptors (Lipinski definition) is 3. The first-order valence-corrected chi connectivity index (χ1v) is 11.1. The van der Waals surface area contributed by atoms with Crippen LogP contribution in [-0.4, -0.2) is 22.0 Å². The maximum Gasteiger partial charge on any atom is 0.250 e. The minimum absolute atomic E-state index is 0.00221. The zero-order valence-electron chi connectivity index (χ0n) is 18.0. The highest BCUT2D eigenvalue weighted by molar-refractivity contribution is 6.02. The van der Waals surface area contributed by atoms with Gasteiger partial charge in [0.15, 0.2) is 0 Å². The van der Waals surface area contributed by atoms with Crippen molar-refractivity contribution in [1.82, 2.24) is 9.55 Å². The number of amides is 1. The van der Waals surface area contributed by atoms with E-state index in [2.05, 4.69) is 29.2 Å². The average Bonchev–Trinajstić information content (AvgIpc) is 3.05. The lowest BCUT2D eigenvalue weighted by Crippen LogP contribution is -2.34. The van der Waals surface area contributed by atoms with Gasteiger partial charge in [0.2, 0.25) is 5.91 Å². The molecule has 1 fully saturated rings. The number of hydrogen-bond donors (Lipinski definition) is 0. The molecule has 0 atom stereocenters. The molecular formula is C26H27N3O2. The maximum absolute atomic E-state index is 12.6. The third kappa shape index (κ3) is 3.69. The molecule has 158 valence electrons. The second-order valence-corrected chi connectivity index (χ2v) is 9.04. The Morgan fingerprint density at radius 2 is 1.71 bits per heavy atom. The Labute approximate surface area is 182 Å². The van der Waals surface area contributed by atoms with Gasteiger partial charge in [-0.15, -0.1) is 0 Å². The third-order valence-electron chi connectivity index (χ3n) is 6.58. The van der Waals surface area contributed by atoms with Gasteiger partial charge in [-0.05, 0) is 73.6 Å². The van der Waals surface area contributed by atoms with Gasteiger partial charge in [-0.2, -0.15) is 0 Å². The van der Waals surface area contributed by atoms with E-state index in [9.17, 15) is 9.59 Å². The second-order valence-electron chi connectivity index (χ2n) is 9.04. The first kappa shape index (κ1) is 19.7. The second kappa shape index (κ2) is 7.80. The van der Waals surface area contributed by atoms with Gasteiger partial charge < -0.3 is 9.47 Å². The molecule has 1 aliphatic carbocycles. The van der Waals surface area contributed by atoms with Gasteiger partial charge in [0, 0.05) is 54.1 Å². The number of benzene rings is 1. The lowest BCUT2D eigenvalue weighted by atomic mass is 9.85. The van der Waals surface area contributed by atoms with Crippen LogP contribution in [0.2, 0.25) is 0 Å². The van der Waals surface area contributed by atoms with Gasteiger partial charge in [-0.1, -0.05) is 12.5 Å². The predicted molar refractivity (Wildman–Crippen MR) is 123 cm³/mol. The molecular weight excluding hydrogens is 386 g/mol. The molecule has 1 saturated carbocycles. The molecule has 0 N–H and O–H groups in total. The first-order valence-electron chi connectivity index (χ1n) is 11.1. The number of carbonyl (C=O) groups is 1. The minimum atomic E-state index is -0.00221. The highest BCUT2D eigenvalue weighted by Crippen LogP contribution is 2.36. The van der Waals surface area contributed by atoms with Crippen molar-refractivity contribution in [3.8, 4) is 22.3 Å². The van der Waals surface area contributed by atoms with Gasteiger partial charge in [-0.25, -0.2) is 0 Å². The number of pyridine rings is 2. The molecule has 31 heavy (non-hydrogen) atoms. The highest BCUT2D eigenvalue weighted by atomic mass is 16.2. The van der Waals surface area contributed by atoms with E-state index in [1.54, 1.807) is 10.6 Å².